The van der Waals surface area contributed by atoms with E-state index in [0.29, 0.717) is 5.92 Å². The fraction of sp³-hybridized carbons (Fsp3) is 0.500. The molecule has 3 heterocycles. The maximum atomic E-state index is 4.71. The molecule has 0 aromatic carbocycles. The maximum Gasteiger partial charge on any atom is 0.0920 e. The number of nitrogens with zero attached hydrogens (tertiary/aromatic N) is 4. The van der Waals surface area contributed by atoms with Gasteiger partial charge in [-0.1, -0.05) is 0 Å². The molecule has 0 aliphatic carbocycles. The predicted molar refractivity (Wildman–Crippen MR) is 73.5 cm³/mol. The lowest BCUT2D eigenvalue weighted by Gasteiger charge is -2.22. The van der Waals surface area contributed by atoms with Crippen LogP contribution >= 0.6 is 0 Å². The smallest absolute Gasteiger partial charge is 0.0920 e. The van der Waals surface area contributed by atoms with Gasteiger partial charge in [0.05, 0.1) is 23.8 Å². The second kappa shape index (κ2) is 5.48. The first-order valence-corrected chi connectivity index (χ1v) is 6.82. The summed E-state index contributed by atoms with van der Waals surface area (Å²) >= 11 is 0. The largest absolute Gasteiger partial charge is 0.316 e. The molecule has 19 heavy (non-hydrogen) atoms. The Balaban J connectivity index is 1.75. The van der Waals surface area contributed by atoms with Crippen molar-refractivity contribution in [1.82, 2.24) is 25.1 Å². The molecule has 0 unspecified atom stereocenters. The summed E-state index contributed by atoms with van der Waals surface area (Å²) in [6, 6.07) is 0. The first-order chi connectivity index (χ1) is 9.31. The standard InChI is InChI=1S/C14H19N5/c1-19-10-12(7-17-19)14-9-16-8-13(18-14)5-11-3-2-4-15-6-11/h7-11,15H,2-6H2,1H3/t11-/m1/s1. The molecule has 1 N–H and O–H groups in total. The van der Waals surface area contributed by atoms with E-state index in [4.69, 9.17) is 4.98 Å². The topological polar surface area (TPSA) is 55.6 Å². The van der Waals surface area contributed by atoms with E-state index in [0.717, 1.165) is 36.5 Å². The molecule has 2 aromatic rings. The van der Waals surface area contributed by atoms with Gasteiger partial charge in [-0.15, -0.1) is 0 Å². The van der Waals surface area contributed by atoms with Gasteiger partial charge in [0, 0.05) is 25.0 Å². The van der Waals surface area contributed by atoms with Gasteiger partial charge in [-0.2, -0.15) is 5.10 Å². The maximum absolute atomic E-state index is 4.71. The Morgan fingerprint density at radius 1 is 1.37 bits per heavy atom. The van der Waals surface area contributed by atoms with Gasteiger partial charge in [0.1, 0.15) is 0 Å². The highest BCUT2D eigenvalue weighted by Crippen LogP contribution is 2.18. The second-order valence-electron chi connectivity index (χ2n) is 5.21. The molecular weight excluding hydrogens is 238 g/mol. The van der Waals surface area contributed by atoms with Crippen LogP contribution in [-0.4, -0.2) is 32.8 Å². The highest BCUT2D eigenvalue weighted by Gasteiger charge is 2.14. The van der Waals surface area contributed by atoms with Gasteiger partial charge >= 0.3 is 0 Å². The van der Waals surface area contributed by atoms with Crippen LogP contribution in [0.1, 0.15) is 18.5 Å². The van der Waals surface area contributed by atoms with Crippen LogP contribution in [0.4, 0.5) is 0 Å². The molecule has 1 aliphatic rings. The van der Waals surface area contributed by atoms with Crippen LogP contribution in [-0.2, 0) is 13.5 Å². The van der Waals surface area contributed by atoms with Crippen molar-refractivity contribution in [2.45, 2.75) is 19.3 Å². The van der Waals surface area contributed by atoms with Crippen molar-refractivity contribution in [3.63, 3.8) is 0 Å². The summed E-state index contributed by atoms with van der Waals surface area (Å²) in [6.45, 7) is 2.25. The minimum atomic E-state index is 0.687. The van der Waals surface area contributed by atoms with E-state index in [1.807, 2.05) is 25.6 Å². The molecule has 0 radical (unpaired) electrons. The van der Waals surface area contributed by atoms with Gasteiger partial charge in [0.25, 0.3) is 0 Å². The second-order valence-corrected chi connectivity index (χ2v) is 5.21. The number of hydrogen-bond acceptors (Lipinski definition) is 4. The Kier molecular flexibility index (Phi) is 3.55. The summed E-state index contributed by atoms with van der Waals surface area (Å²) in [7, 11) is 1.91. The van der Waals surface area contributed by atoms with Crippen LogP contribution in [0.25, 0.3) is 11.3 Å². The van der Waals surface area contributed by atoms with E-state index in [2.05, 4.69) is 15.4 Å². The van der Waals surface area contributed by atoms with Gasteiger partial charge in [-0.3, -0.25) is 9.67 Å². The van der Waals surface area contributed by atoms with Crippen LogP contribution < -0.4 is 5.32 Å². The van der Waals surface area contributed by atoms with Crippen LogP contribution in [0.2, 0.25) is 0 Å². The number of nitrogens with one attached hydrogen (secondary N) is 1. The summed E-state index contributed by atoms with van der Waals surface area (Å²) in [6.07, 6.45) is 11.0. The van der Waals surface area contributed by atoms with Crippen molar-refractivity contribution < 1.29 is 0 Å². The van der Waals surface area contributed by atoms with E-state index < -0.39 is 0 Å². The molecule has 1 atom stereocenters. The van der Waals surface area contributed by atoms with E-state index in [1.54, 1.807) is 10.9 Å². The number of piperidine rings is 1. The molecule has 0 saturated carbocycles. The molecule has 0 amide bonds. The first kappa shape index (κ1) is 12.3. The predicted octanol–water partition coefficient (Wildman–Crippen LogP) is 1.42. The summed E-state index contributed by atoms with van der Waals surface area (Å²) in [5.41, 5.74) is 3.02. The normalized spacial score (nSPS) is 19.5. The Bertz CT molecular complexity index is 542. The fourth-order valence-electron chi connectivity index (χ4n) is 2.59. The average molecular weight is 257 g/mol. The number of aryl methyl sites for hydroxylation is 1. The zero-order valence-electron chi connectivity index (χ0n) is 11.2. The average Bonchev–Trinajstić information content (AvgIpc) is 2.87. The molecule has 1 aliphatic heterocycles. The van der Waals surface area contributed by atoms with Gasteiger partial charge < -0.3 is 5.32 Å². The van der Waals surface area contributed by atoms with Gasteiger partial charge in [-0.05, 0) is 38.3 Å². The van der Waals surface area contributed by atoms with E-state index in [1.165, 1.54) is 12.8 Å². The van der Waals surface area contributed by atoms with Crippen molar-refractivity contribution in [3.8, 4) is 11.3 Å². The van der Waals surface area contributed by atoms with Crippen molar-refractivity contribution in [2.75, 3.05) is 13.1 Å². The molecule has 1 fully saturated rings. The zero-order chi connectivity index (χ0) is 13.1. The zero-order valence-corrected chi connectivity index (χ0v) is 11.2. The number of rotatable bonds is 3. The highest BCUT2D eigenvalue weighted by atomic mass is 15.2. The molecule has 3 rings (SSSR count). The Morgan fingerprint density at radius 2 is 2.32 bits per heavy atom. The third-order valence-corrected chi connectivity index (χ3v) is 3.58. The molecule has 0 spiro atoms. The quantitative estimate of drug-likeness (QED) is 0.903. The Morgan fingerprint density at radius 3 is 3.05 bits per heavy atom. The van der Waals surface area contributed by atoms with Crippen LogP contribution in [0.3, 0.4) is 0 Å². The Labute approximate surface area is 113 Å². The van der Waals surface area contributed by atoms with Crippen LogP contribution in [0.5, 0.6) is 0 Å². The monoisotopic (exact) mass is 257 g/mol. The molecule has 0 bridgehead atoms. The minimum absolute atomic E-state index is 0.687. The molecule has 5 nitrogen and oxygen atoms in total. The molecule has 100 valence electrons. The van der Waals surface area contributed by atoms with Crippen molar-refractivity contribution in [3.05, 3.63) is 30.5 Å². The van der Waals surface area contributed by atoms with Crippen molar-refractivity contribution >= 4 is 0 Å². The highest BCUT2D eigenvalue weighted by molar-refractivity contribution is 5.55. The third-order valence-electron chi connectivity index (χ3n) is 3.58. The van der Waals surface area contributed by atoms with Crippen molar-refractivity contribution in [2.24, 2.45) is 13.0 Å². The van der Waals surface area contributed by atoms with E-state index in [9.17, 15) is 0 Å². The number of aromatic nitrogens is 4. The summed E-state index contributed by atoms with van der Waals surface area (Å²) in [5.74, 6) is 0.687. The Hall–Kier alpha value is -1.75. The minimum Gasteiger partial charge on any atom is -0.316 e. The van der Waals surface area contributed by atoms with Crippen LogP contribution in [0.15, 0.2) is 24.8 Å². The molecule has 5 heteroatoms. The molecule has 1 saturated heterocycles. The fourth-order valence-corrected chi connectivity index (χ4v) is 2.59. The lowest BCUT2D eigenvalue weighted by Crippen LogP contribution is -2.31. The SMILES string of the molecule is Cn1cc(-c2cncc(C[C@H]3CCCNC3)n2)cn1. The number of hydrogen-bond donors (Lipinski definition) is 1. The van der Waals surface area contributed by atoms with Crippen LogP contribution in [0, 0.1) is 5.92 Å². The van der Waals surface area contributed by atoms with E-state index in [-0.39, 0.29) is 0 Å². The lowest BCUT2D eigenvalue weighted by atomic mass is 9.95. The molecule has 2 aromatic heterocycles. The van der Waals surface area contributed by atoms with Gasteiger partial charge in [-0.25, -0.2) is 4.98 Å². The van der Waals surface area contributed by atoms with Gasteiger partial charge in [0.15, 0.2) is 0 Å². The summed E-state index contributed by atoms with van der Waals surface area (Å²) in [4.78, 5) is 9.02. The third kappa shape index (κ3) is 2.98. The summed E-state index contributed by atoms with van der Waals surface area (Å²) < 4.78 is 1.79. The van der Waals surface area contributed by atoms with Gasteiger partial charge in [0.2, 0.25) is 0 Å². The van der Waals surface area contributed by atoms with Crippen molar-refractivity contribution in [1.29, 1.82) is 0 Å². The molecular formula is C14H19N5. The summed E-state index contributed by atoms with van der Waals surface area (Å²) in [5, 5.41) is 7.62. The van der Waals surface area contributed by atoms with E-state index >= 15 is 0 Å². The first-order valence-electron chi connectivity index (χ1n) is 6.82. The lowest BCUT2D eigenvalue weighted by molar-refractivity contribution is 0.373.